The summed E-state index contributed by atoms with van der Waals surface area (Å²) in [5, 5.41) is 0.654. The molecule has 0 amide bonds. The lowest BCUT2D eigenvalue weighted by molar-refractivity contribution is 0.483. The van der Waals surface area contributed by atoms with Crippen LogP contribution in [0.2, 0.25) is 0 Å². The molecule has 0 aliphatic heterocycles. The highest BCUT2D eigenvalue weighted by Crippen LogP contribution is 2.25. The molecule has 0 saturated heterocycles. The van der Waals surface area contributed by atoms with Gasteiger partial charge in [0.25, 0.3) is 10.1 Å². The average Bonchev–Trinajstić information content (AvgIpc) is 2.13. The number of rotatable bonds is 2. The molecular formula is C8H7Cl3O3PS+. The van der Waals surface area contributed by atoms with E-state index in [9.17, 15) is 8.42 Å². The van der Waals surface area contributed by atoms with Gasteiger partial charge in [-0.3, -0.25) is 4.55 Å². The summed E-state index contributed by atoms with van der Waals surface area (Å²) in [5.41, 5.74) is 0. The van der Waals surface area contributed by atoms with E-state index in [-0.39, 0.29) is 13.1 Å². The molecule has 1 aromatic rings. The van der Waals surface area contributed by atoms with Crippen LogP contribution >= 0.6 is 43.0 Å². The Balaban J connectivity index is 3.06. The third-order valence-corrected chi connectivity index (χ3v) is 4.48. The first-order valence-corrected chi connectivity index (χ1v) is 7.59. The Morgan fingerprint density at radius 3 is 2.44 bits per heavy atom. The second-order valence-electron chi connectivity index (χ2n) is 2.83. The van der Waals surface area contributed by atoms with Crippen LogP contribution in [0.25, 0.3) is 0 Å². The van der Waals surface area contributed by atoms with Crippen molar-refractivity contribution in [3.8, 4) is 0 Å². The lowest BCUT2D eigenvalue weighted by Crippen LogP contribution is -2.05. The molecule has 1 atom stereocenters. The Bertz CT molecular complexity index is 508. The second kappa shape index (κ2) is 5.21. The Kier molecular flexibility index (Phi) is 4.64. The molecule has 0 saturated carbocycles. The number of hydrogen-bond donors (Lipinski definition) is 1. The highest BCUT2D eigenvalue weighted by molar-refractivity contribution is 7.85. The quantitative estimate of drug-likeness (QED) is 0.517. The van der Waals surface area contributed by atoms with E-state index in [1.807, 2.05) is 0 Å². The highest BCUT2D eigenvalue weighted by atomic mass is 35.6. The van der Waals surface area contributed by atoms with Gasteiger partial charge in [0, 0.05) is 6.07 Å². The third-order valence-electron chi connectivity index (χ3n) is 1.53. The monoisotopic (exact) mass is 319 g/mol. The molecule has 0 aromatic heterocycles. The van der Waals surface area contributed by atoms with E-state index in [1.54, 1.807) is 6.07 Å². The van der Waals surface area contributed by atoms with E-state index in [1.165, 1.54) is 24.0 Å². The van der Waals surface area contributed by atoms with Crippen LogP contribution < -0.4 is 5.30 Å². The minimum absolute atomic E-state index is 0.0350. The maximum Gasteiger partial charge on any atom is 0.294 e. The van der Waals surface area contributed by atoms with Gasteiger partial charge in [0.2, 0.25) is 3.79 Å². The van der Waals surface area contributed by atoms with E-state index in [0.29, 0.717) is 5.30 Å². The van der Waals surface area contributed by atoms with E-state index in [4.69, 9.17) is 39.4 Å². The van der Waals surface area contributed by atoms with Crippen LogP contribution in [0.3, 0.4) is 0 Å². The van der Waals surface area contributed by atoms with Crippen molar-refractivity contribution < 1.29 is 13.0 Å². The van der Waals surface area contributed by atoms with Crippen molar-refractivity contribution in [2.75, 3.05) is 0 Å². The fraction of sp³-hybridized carbons (Fsp3) is 0.125. The van der Waals surface area contributed by atoms with Crippen LogP contribution in [-0.2, 0) is 10.1 Å². The predicted octanol–water partition coefficient (Wildman–Crippen LogP) is 2.41. The Labute approximate surface area is 110 Å². The standard InChI is InChI=1S/C8H6Cl3O3PS/c9-8(10,11)5-15-6-2-1-3-7(4-6)16(12,13)14/h1-5H,(H,12,13,14)/p+1. The highest BCUT2D eigenvalue weighted by Gasteiger charge is 2.20. The zero-order chi connectivity index (χ0) is 12.4. The molecule has 0 spiro atoms. The molecule has 3 nitrogen and oxygen atoms in total. The first kappa shape index (κ1) is 14.2. The number of alkyl halides is 3. The normalized spacial score (nSPS) is 13.2. The van der Waals surface area contributed by atoms with Gasteiger partial charge in [-0.1, -0.05) is 40.9 Å². The van der Waals surface area contributed by atoms with E-state index >= 15 is 0 Å². The summed E-state index contributed by atoms with van der Waals surface area (Å²) in [6.07, 6.45) is 0. The van der Waals surface area contributed by atoms with Gasteiger partial charge in [-0.2, -0.15) is 8.42 Å². The summed E-state index contributed by atoms with van der Waals surface area (Å²) < 4.78 is 29.1. The first-order valence-electron chi connectivity index (χ1n) is 3.94. The van der Waals surface area contributed by atoms with Gasteiger partial charge in [-0.15, -0.1) is 0 Å². The molecule has 1 unspecified atom stereocenters. The molecule has 1 N–H and O–H groups in total. The Morgan fingerprint density at radius 1 is 1.31 bits per heavy atom. The van der Waals surface area contributed by atoms with Crippen LogP contribution in [0.15, 0.2) is 29.2 Å². The molecule has 1 rings (SSSR count). The first-order chi connectivity index (χ1) is 7.18. The van der Waals surface area contributed by atoms with Gasteiger partial charge in [-0.25, -0.2) is 0 Å². The summed E-state index contributed by atoms with van der Waals surface area (Å²) in [7, 11) is -4.15. The molecule has 0 fully saturated rings. The topological polar surface area (TPSA) is 54.4 Å². The van der Waals surface area contributed by atoms with Gasteiger partial charge >= 0.3 is 0 Å². The van der Waals surface area contributed by atoms with Crippen LogP contribution in [-0.4, -0.2) is 22.6 Å². The van der Waals surface area contributed by atoms with Crippen LogP contribution in [0.5, 0.6) is 0 Å². The smallest absolute Gasteiger partial charge is 0.282 e. The van der Waals surface area contributed by atoms with Gasteiger partial charge in [0.15, 0.2) is 0 Å². The molecular weight excluding hydrogens is 313 g/mol. The van der Waals surface area contributed by atoms with Crippen molar-refractivity contribution >= 4 is 64.2 Å². The van der Waals surface area contributed by atoms with E-state index in [0.717, 1.165) is 0 Å². The molecule has 16 heavy (non-hydrogen) atoms. The van der Waals surface area contributed by atoms with Crippen molar-refractivity contribution in [1.29, 1.82) is 0 Å². The molecule has 1 aromatic carbocycles. The largest absolute Gasteiger partial charge is 0.294 e. The molecule has 8 heteroatoms. The Hall–Kier alpha value is 0.170. The Morgan fingerprint density at radius 2 is 1.94 bits per heavy atom. The summed E-state index contributed by atoms with van der Waals surface area (Å²) in [5.74, 6) is 1.43. The second-order valence-corrected chi connectivity index (χ2v) is 7.78. The lowest BCUT2D eigenvalue weighted by atomic mass is 10.4. The SMILES string of the molecule is O=S(=O)(O)c1cccc([PH+]=CC(Cl)(Cl)Cl)c1. The fourth-order valence-electron chi connectivity index (χ4n) is 0.912. The zero-order valence-corrected chi connectivity index (χ0v) is 11.8. The molecule has 0 radical (unpaired) electrons. The lowest BCUT2D eigenvalue weighted by Gasteiger charge is -1.97. The van der Waals surface area contributed by atoms with Crippen molar-refractivity contribution in [2.45, 2.75) is 8.69 Å². The number of benzene rings is 1. The van der Waals surface area contributed by atoms with Gasteiger partial charge in [-0.05, 0) is 12.1 Å². The molecule has 0 heterocycles. The van der Waals surface area contributed by atoms with Crippen molar-refractivity contribution in [3.63, 3.8) is 0 Å². The van der Waals surface area contributed by atoms with E-state index < -0.39 is 13.9 Å². The maximum absolute atomic E-state index is 10.9. The van der Waals surface area contributed by atoms with Crippen LogP contribution in [0, 0.1) is 0 Å². The molecule has 0 aliphatic rings. The van der Waals surface area contributed by atoms with Crippen LogP contribution in [0.1, 0.15) is 0 Å². The summed E-state index contributed by atoms with van der Waals surface area (Å²) in [4.78, 5) is -0.171. The molecule has 0 bridgehead atoms. The summed E-state index contributed by atoms with van der Waals surface area (Å²) >= 11 is 16.6. The third kappa shape index (κ3) is 5.00. The van der Waals surface area contributed by atoms with Crippen molar-refractivity contribution in [1.82, 2.24) is 0 Å². The predicted molar refractivity (Wildman–Crippen MR) is 70.6 cm³/mol. The van der Waals surface area contributed by atoms with E-state index in [2.05, 4.69) is 0 Å². The van der Waals surface area contributed by atoms with Crippen LogP contribution in [0.4, 0.5) is 0 Å². The van der Waals surface area contributed by atoms with Crippen molar-refractivity contribution in [3.05, 3.63) is 24.3 Å². The fourth-order valence-corrected chi connectivity index (χ4v) is 2.80. The zero-order valence-electron chi connectivity index (χ0n) is 7.69. The minimum Gasteiger partial charge on any atom is -0.282 e. The minimum atomic E-state index is -4.19. The summed E-state index contributed by atoms with van der Waals surface area (Å²) in [6.45, 7) is 0. The average molecular weight is 321 g/mol. The molecule has 0 aliphatic carbocycles. The van der Waals surface area contributed by atoms with Gasteiger partial charge in [0.05, 0.1) is 4.90 Å². The number of hydrogen-bond acceptors (Lipinski definition) is 2. The number of halogens is 3. The van der Waals surface area contributed by atoms with Gasteiger partial charge in [0.1, 0.15) is 19.3 Å². The molecule has 88 valence electrons. The summed E-state index contributed by atoms with van der Waals surface area (Å²) in [6, 6.07) is 5.82. The van der Waals surface area contributed by atoms with Crippen molar-refractivity contribution in [2.24, 2.45) is 0 Å². The van der Waals surface area contributed by atoms with Gasteiger partial charge < -0.3 is 0 Å². The maximum atomic E-state index is 10.9.